The number of anilines is 2. The number of carbonyl (C=O) groups excluding carboxylic acids is 2. The summed E-state index contributed by atoms with van der Waals surface area (Å²) in [7, 11) is 1.43. The second-order valence-corrected chi connectivity index (χ2v) is 5.63. The number of hydrogen-bond acceptors (Lipinski definition) is 5. The number of aryl methyl sites for hydroxylation is 1. The van der Waals surface area contributed by atoms with E-state index < -0.39 is 12.0 Å². The quantitative estimate of drug-likeness (QED) is 0.892. The Kier molecular flexibility index (Phi) is 4.47. The van der Waals surface area contributed by atoms with Crippen LogP contribution in [0, 0.1) is 6.92 Å². The van der Waals surface area contributed by atoms with Gasteiger partial charge in [-0.15, -0.1) is 0 Å². The van der Waals surface area contributed by atoms with E-state index in [-0.39, 0.29) is 17.1 Å². The van der Waals surface area contributed by atoms with Crippen molar-refractivity contribution in [3.05, 3.63) is 47.5 Å². The van der Waals surface area contributed by atoms with E-state index in [0.717, 1.165) is 5.56 Å². The molecular weight excluding hydrogens is 324 g/mol. The zero-order valence-electron chi connectivity index (χ0n) is 13.9. The lowest BCUT2D eigenvalue weighted by molar-refractivity contribution is 0.102. The molecule has 1 aliphatic heterocycles. The molecule has 0 aromatic heterocycles. The molecule has 7 nitrogen and oxygen atoms in total. The number of amides is 2. The lowest BCUT2D eigenvalue weighted by Gasteiger charge is -2.15. The van der Waals surface area contributed by atoms with Gasteiger partial charge in [0.2, 0.25) is 0 Å². The molecule has 3 rings (SSSR count). The summed E-state index contributed by atoms with van der Waals surface area (Å²) in [5, 5.41) is 12.9. The predicted molar refractivity (Wildman–Crippen MR) is 92.5 cm³/mol. The van der Waals surface area contributed by atoms with Crippen LogP contribution in [0.25, 0.3) is 0 Å². The maximum Gasteiger partial charge on any atom is 0.414 e. The van der Waals surface area contributed by atoms with Gasteiger partial charge in [-0.25, -0.2) is 4.79 Å². The van der Waals surface area contributed by atoms with Crippen LogP contribution in [0.3, 0.4) is 0 Å². The van der Waals surface area contributed by atoms with E-state index in [1.807, 2.05) is 0 Å². The van der Waals surface area contributed by atoms with Gasteiger partial charge >= 0.3 is 6.09 Å². The number of carbonyl (C=O) groups is 2. The van der Waals surface area contributed by atoms with Gasteiger partial charge in [-0.3, -0.25) is 9.69 Å². The Balaban J connectivity index is 1.84. The number of benzene rings is 2. The number of hydrogen-bond donors (Lipinski definition) is 2. The van der Waals surface area contributed by atoms with Gasteiger partial charge < -0.3 is 19.9 Å². The van der Waals surface area contributed by atoms with Crippen molar-refractivity contribution in [1.29, 1.82) is 0 Å². The zero-order valence-corrected chi connectivity index (χ0v) is 13.9. The third kappa shape index (κ3) is 3.35. The summed E-state index contributed by atoms with van der Waals surface area (Å²) in [5.74, 6) is -0.454. The third-order valence-electron chi connectivity index (χ3n) is 3.86. The first-order chi connectivity index (χ1) is 12.0. The van der Waals surface area contributed by atoms with Crippen LogP contribution in [-0.2, 0) is 4.74 Å². The minimum absolute atomic E-state index is 0.114. The molecule has 1 heterocycles. The van der Waals surface area contributed by atoms with Crippen LogP contribution in [0.4, 0.5) is 16.2 Å². The molecule has 0 saturated carbocycles. The zero-order chi connectivity index (χ0) is 18.0. The fourth-order valence-electron chi connectivity index (χ4n) is 2.65. The molecular formula is C18H18N2O5. The van der Waals surface area contributed by atoms with Crippen LogP contribution in [-0.4, -0.2) is 37.4 Å². The monoisotopic (exact) mass is 342 g/mol. The molecule has 2 amide bonds. The number of nitrogens with one attached hydrogen (secondary N) is 1. The maximum atomic E-state index is 12.5. The first kappa shape index (κ1) is 16.6. The highest BCUT2D eigenvalue weighted by molar-refractivity contribution is 6.07. The fourth-order valence-corrected chi connectivity index (χ4v) is 2.65. The lowest BCUT2D eigenvalue weighted by Crippen LogP contribution is -2.23. The van der Waals surface area contributed by atoms with Crippen LogP contribution in [0.5, 0.6) is 11.5 Å². The number of phenolic OH excluding ortho intramolecular Hbond substituents is 1. The van der Waals surface area contributed by atoms with Crippen molar-refractivity contribution in [3.8, 4) is 11.5 Å². The lowest BCUT2D eigenvalue weighted by atomic mass is 10.1. The van der Waals surface area contributed by atoms with Crippen molar-refractivity contribution in [2.75, 3.05) is 30.5 Å². The molecule has 25 heavy (non-hydrogen) atoms. The SMILES string of the molecule is COc1cc(C)cc(C(=O)Nc2cccc(N3CCOC3=O)c2)c1O. The maximum absolute atomic E-state index is 12.5. The van der Waals surface area contributed by atoms with Crippen molar-refractivity contribution >= 4 is 23.4 Å². The van der Waals surface area contributed by atoms with Crippen molar-refractivity contribution in [1.82, 2.24) is 0 Å². The van der Waals surface area contributed by atoms with Gasteiger partial charge in [0.15, 0.2) is 11.5 Å². The molecule has 130 valence electrons. The van der Waals surface area contributed by atoms with Crippen LogP contribution >= 0.6 is 0 Å². The number of cyclic esters (lactones) is 1. The van der Waals surface area contributed by atoms with Gasteiger partial charge in [0.05, 0.1) is 19.2 Å². The Morgan fingerprint density at radius 1 is 1.32 bits per heavy atom. The molecule has 0 aliphatic carbocycles. The summed E-state index contributed by atoms with van der Waals surface area (Å²) in [4.78, 5) is 25.7. The number of aromatic hydroxyl groups is 1. The average Bonchev–Trinajstić information content (AvgIpc) is 3.02. The highest BCUT2D eigenvalue weighted by Crippen LogP contribution is 2.32. The predicted octanol–water partition coefficient (Wildman–Crippen LogP) is 2.92. The third-order valence-corrected chi connectivity index (χ3v) is 3.86. The number of rotatable bonds is 4. The van der Waals surface area contributed by atoms with E-state index in [1.165, 1.54) is 12.0 Å². The number of methoxy groups -OCH3 is 1. The topological polar surface area (TPSA) is 88.1 Å². The van der Waals surface area contributed by atoms with Crippen LogP contribution in [0.1, 0.15) is 15.9 Å². The molecule has 1 saturated heterocycles. The Labute approximate surface area is 144 Å². The Bertz CT molecular complexity index is 834. The highest BCUT2D eigenvalue weighted by Gasteiger charge is 2.24. The minimum atomic E-state index is -0.472. The summed E-state index contributed by atoms with van der Waals surface area (Å²) in [6.45, 7) is 2.61. The van der Waals surface area contributed by atoms with Crippen molar-refractivity contribution in [3.63, 3.8) is 0 Å². The summed E-state index contributed by atoms with van der Waals surface area (Å²) < 4.78 is 9.99. The number of nitrogens with zero attached hydrogens (tertiary/aromatic N) is 1. The summed E-state index contributed by atoms with van der Waals surface area (Å²) in [5.41, 5.74) is 2.03. The van der Waals surface area contributed by atoms with E-state index in [0.29, 0.717) is 24.5 Å². The first-order valence-electron chi connectivity index (χ1n) is 7.73. The summed E-state index contributed by atoms with van der Waals surface area (Å²) >= 11 is 0. The van der Waals surface area contributed by atoms with Crippen molar-refractivity contribution in [2.24, 2.45) is 0 Å². The van der Waals surface area contributed by atoms with E-state index in [1.54, 1.807) is 43.3 Å². The molecule has 2 N–H and O–H groups in total. The van der Waals surface area contributed by atoms with E-state index in [4.69, 9.17) is 9.47 Å². The second-order valence-electron chi connectivity index (χ2n) is 5.63. The second kappa shape index (κ2) is 6.72. The molecule has 2 aromatic rings. The molecule has 1 aliphatic rings. The van der Waals surface area contributed by atoms with Gasteiger partial charge in [-0.05, 0) is 42.8 Å². The molecule has 0 spiro atoms. The van der Waals surface area contributed by atoms with Crippen LogP contribution < -0.4 is 15.0 Å². The van der Waals surface area contributed by atoms with Crippen molar-refractivity contribution in [2.45, 2.75) is 6.92 Å². The molecule has 0 bridgehead atoms. The molecule has 0 atom stereocenters. The van der Waals surface area contributed by atoms with E-state index in [2.05, 4.69) is 5.32 Å². The van der Waals surface area contributed by atoms with Crippen LogP contribution in [0.2, 0.25) is 0 Å². The molecule has 0 radical (unpaired) electrons. The van der Waals surface area contributed by atoms with Gasteiger partial charge in [0, 0.05) is 11.4 Å². The standard InChI is InChI=1S/C18H18N2O5/c1-11-8-14(16(21)15(9-11)24-2)17(22)19-12-4-3-5-13(10-12)20-6-7-25-18(20)23/h3-5,8-10,21H,6-7H2,1-2H3,(H,19,22). The van der Waals surface area contributed by atoms with E-state index in [9.17, 15) is 14.7 Å². The smallest absolute Gasteiger partial charge is 0.414 e. The van der Waals surface area contributed by atoms with Gasteiger partial charge in [-0.2, -0.15) is 0 Å². The van der Waals surface area contributed by atoms with Crippen molar-refractivity contribution < 1.29 is 24.2 Å². The average molecular weight is 342 g/mol. The van der Waals surface area contributed by atoms with Gasteiger partial charge in [-0.1, -0.05) is 6.07 Å². The molecule has 0 unspecified atom stereocenters. The molecule has 7 heteroatoms. The Hall–Kier alpha value is -3.22. The van der Waals surface area contributed by atoms with Crippen LogP contribution in [0.15, 0.2) is 36.4 Å². The Morgan fingerprint density at radius 3 is 2.80 bits per heavy atom. The summed E-state index contributed by atoms with van der Waals surface area (Å²) in [6, 6.07) is 10.1. The fraction of sp³-hybridized carbons (Fsp3) is 0.222. The Morgan fingerprint density at radius 2 is 2.12 bits per heavy atom. The number of phenols is 1. The summed E-state index contributed by atoms with van der Waals surface area (Å²) in [6.07, 6.45) is -0.412. The minimum Gasteiger partial charge on any atom is -0.504 e. The van der Waals surface area contributed by atoms with Gasteiger partial charge in [0.1, 0.15) is 6.61 Å². The highest BCUT2D eigenvalue weighted by atomic mass is 16.6. The van der Waals surface area contributed by atoms with Gasteiger partial charge in [0.25, 0.3) is 5.91 Å². The first-order valence-corrected chi connectivity index (χ1v) is 7.73. The normalized spacial score (nSPS) is 13.5. The largest absolute Gasteiger partial charge is 0.504 e. The molecule has 2 aromatic carbocycles. The number of ether oxygens (including phenoxy) is 2. The van der Waals surface area contributed by atoms with E-state index >= 15 is 0 Å². The molecule has 1 fully saturated rings.